The zero-order valence-corrected chi connectivity index (χ0v) is 8.14. The molecule has 0 aliphatic carbocycles. The molecule has 4 heteroatoms. The van der Waals surface area contributed by atoms with Crippen LogP contribution in [0.4, 0.5) is 0 Å². The van der Waals surface area contributed by atoms with Crippen LogP contribution in [0.1, 0.15) is 12.8 Å². The Morgan fingerprint density at radius 3 is 3.08 bits per heavy atom. The third-order valence-electron chi connectivity index (χ3n) is 2.26. The molecule has 2 N–H and O–H groups in total. The lowest BCUT2D eigenvalue weighted by molar-refractivity contribution is -0.120. The summed E-state index contributed by atoms with van der Waals surface area (Å²) in [6.45, 7) is 3.49. The highest BCUT2D eigenvalue weighted by Gasteiger charge is 2.14. The Morgan fingerprint density at radius 2 is 2.46 bits per heavy atom. The highest BCUT2D eigenvalue weighted by atomic mass is 16.5. The highest BCUT2D eigenvalue weighted by Crippen LogP contribution is 2.10. The van der Waals surface area contributed by atoms with Crippen LogP contribution in [0.5, 0.6) is 0 Å². The summed E-state index contributed by atoms with van der Waals surface area (Å²) in [4.78, 5) is 10.8. The van der Waals surface area contributed by atoms with E-state index in [-0.39, 0.29) is 5.91 Å². The summed E-state index contributed by atoms with van der Waals surface area (Å²) in [5.41, 5.74) is 0. The molecular formula is C9H18N2O2. The summed E-state index contributed by atoms with van der Waals surface area (Å²) in [5.74, 6) is 0.736. The molecule has 1 aliphatic rings. The molecule has 0 aromatic carbocycles. The first kappa shape index (κ1) is 10.5. The van der Waals surface area contributed by atoms with Crippen molar-refractivity contribution in [1.82, 2.24) is 10.6 Å². The maximum Gasteiger partial charge on any atom is 0.221 e. The van der Waals surface area contributed by atoms with Crippen LogP contribution in [0.25, 0.3) is 0 Å². The number of carbonyl (C=O) groups excluding carboxylic acids is 1. The van der Waals surface area contributed by atoms with Gasteiger partial charge in [0.1, 0.15) is 0 Å². The standard InChI is InChI=1S/C9H18N2O2/c1-10-9(12)2-4-11-6-8-3-5-13-7-8/h8,11H,2-7H2,1H3,(H,10,12). The first-order chi connectivity index (χ1) is 6.33. The van der Waals surface area contributed by atoms with Gasteiger partial charge in [0, 0.05) is 33.2 Å². The average Bonchev–Trinajstić information content (AvgIpc) is 2.64. The number of carbonyl (C=O) groups is 1. The lowest BCUT2D eigenvalue weighted by Crippen LogP contribution is -2.28. The van der Waals surface area contributed by atoms with E-state index in [0.29, 0.717) is 12.3 Å². The highest BCUT2D eigenvalue weighted by molar-refractivity contribution is 5.75. The van der Waals surface area contributed by atoms with Crippen molar-refractivity contribution in [2.75, 3.05) is 33.4 Å². The molecule has 1 heterocycles. The van der Waals surface area contributed by atoms with Crippen LogP contribution in [-0.2, 0) is 9.53 Å². The maximum absolute atomic E-state index is 10.8. The van der Waals surface area contributed by atoms with Gasteiger partial charge in [-0.3, -0.25) is 4.79 Å². The van der Waals surface area contributed by atoms with E-state index in [1.54, 1.807) is 7.05 Å². The Kier molecular flexibility index (Phi) is 4.78. The molecule has 4 nitrogen and oxygen atoms in total. The van der Waals surface area contributed by atoms with Crippen LogP contribution in [0.2, 0.25) is 0 Å². The number of ether oxygens (including phenoxy) is 1. The fourth-order valence-corrected chi connectivity index (χ4v) is 1.38. The topological polar surface area (TPSA) is 50.4 Å². The van der Waals surface area contributed by atoms with E-state index in [0.717, 1.165) is 32.7 Å². The quantitative estimate of drug-likeness (QED) is 0.582. The van der Waals surface area contributed by atoms with Crippen molar-refractivity contribution in [2.24, 2.45) is 5.92 Å². The fourth-order valence-electron chi connectivity index (χ4n) is 1.38. The predicted octanol–water partition coefficient (Wildman–Crippen LogP) is -0.251. The average molecular weight is 186 g/mol. The molecule has 0 saturated carbocycles. The minimum Gasteiger partial charge on any atom is -0.381 e. The minimum absolute atomic E-state index is 0.0928. The van der Waals surface area contributed by atoms with Gasteiger partial charge in [-0.2, -0.15) is 0 Å². The third-order valence-corrected chi connectivity index (χ3v) is 2.26. The van der Waals surface area contributed by atoms with Gasteiger partial charge in [-0.15, -0.1) is 0 Å². The molecule has 1 rings (SSSR count). The second-order valence-corrected chi connectivity index (χ2v) is 3.36. The van der Waals surface area contributed by atoms with Crippen molar-refractivity contribution in [3.8, 4) is 0 Å². The van der Waals surface area contributed by atoms with E-state index in [1.807, 2.05) is 0 Å². The van der Waals surface area contributed by atoms with Crippen molar-refractivity contribution in [3.63, 3.8) is 0 Å². The Balaban J connectivity index is 1.91. The molecule has 13 heavy (non-hydrogen) atoms. The molecule has 0 aromatic heterocycles. The van der Waals surface area contributed by atoms with Crippen molar-refractivity contribution >= 4 is 5.91 Å². The first-order valence-corrected chi connectivity index (χ1v) is 4.82. The van der Waals surface area contributed by atoms with Gasteiger partial charge in [-0.05, 0) is 12.3 Å². The summed E-state index contributed by atoms with van der Waals surface area (Å²) in [6.07, 6.45) is 1.71. The van der Waals surface area contributed by atoms with Gasteiger partial charge in [-0.1, -0.05) is 0 Å². The summed E-state index contributed by atoms with van der Waals surface area (Å²) in [7, 11) is 1.66. The van der Waals surface area contributed by atoms with Crippen LogP contribution < -0.4 is 10.6 Å². The van der Waals surface area contributed by atoms with Crippen LogP contribution in [0, 0.1) is 5.92 Å². The largest absolute Gasteiger partial charge is 0.381 e. The normalized spacial score (nSPS) is 21.8. The van der Waals surface area contributed by atoms with Crippen molar-refractivity contribution < 1.29 is 9.53 Å². The molecule has 1 saturated heterocycles. The van der Waals surface area contributed by atoms with Crippen molar-refractivity contribution in [1.29, 1.82) is 0 Å². The lowest BCUT2D eigenvalue weighted by Gasteiger charge is -2.08. The molecule has 0 radical (unpaired) electrons. The molecule has 0 bridgehead atoms. The molecule has 1 unspecified atom stereocenters. The van der Waals surface area contributed by atoms with E-state index in [9.17, 15) is 4.79 Å². The summed E-state index contributed by atoms with van der Waals surface area (Å²) < 4.78 is 5.24. The van der Waals surface area contributed by atoms with E-state index < -0.39 is 0 Å². The number of hydrogen-bond donors (Lipinski definition) is 2. The zero-order chi connectivity index (χ0) is 9.52. The minimum atomic E-state index is 0.0928. The van der Waals surface area contributed by atoms with E-state index in [4.69, 9.17) is 4.74 Å². The van der Waals surface area contributed by atoms with Crippen LogP contribution in [0.15, 0.2) is 0 Å². The van der Waals surface area contributed by atoms with Crippen LogP contribution in [0.3, 0.4) is 0 Å². The van der Waals surface area contributed by atoms with E-state index in [2.05, 4.69) is 10.6 Å². The molecule has 0 spiro atoms. The molecule has 0 aromatic rings. The number of hydrogen-bond acceptors (Lipinski definition) is 3. The van der Waals surface area contributed by atoms with Gasteiger partial charge in [0.05, 0.1) is 6.61 Å². The van der Waals surface area contributed by atoms with Crippen LogP contribution >= 0.6 is 0 Å². The smallest absolute Gasteiger partial charge is 0.221 e. The third kappa shape index (κ3) is 4.24. The summed E-state index contributed by atoms with van der Waals surface area (Å²) in [6, 6.07) is 0. The molecule has 1 aliphatic heterocycles. The van der Waals surface area contributed by atoms with Crippen molar-refractivity contribution in [3.05, 3.63) is 0 Å². The summed E-state index contributed by atoms with van der Waals surface area (Å²) >= 11 is 0. The van der Waals surface area contributed by atoms with Gasteiger partial charge in [-0.25, -0.2) is 0 Å². The fraction of sp³-hybridized carbons (Fsp3) is 0.889. The molecule has 1 amide bonds. The Hall–Kier alpha value is -0.610. The molecular weight excluding hydrogens is 168 g/mol. The van der Waals surface area contributed by atoms with Gasteiger partial charge in [0.15, 0.2) is 0 Å². The second-order valence-electron chi connectivity index (χ2n) is 3.36. The van der Waals surface area contributed by atoms with E-state index in [1.165, 1.54) is 0 Å². The number of amides is 1. The van der Waals surface area contributed by atoms with Gasteiger partial charge in [0.2, 0.25) is 5.91 Å². The van der Waals surface area contributed by atoms with Gasteiger partial charge < -0.3 is 15.4 Å². The van der Waals surface area contributed by atoms with Gasteiger partial charge in [0.25, 0.3) is 0 Å². The Bertz CT molecular complexity index is 156. The molecule has 76 valence electrons. The summed E-state index contributed by atoms with van der Waals surface area (Å²) in [5, 5.41) is 5.84. The zero-order valence-electron chi connectivity index (χ0n) is 8.14. The SMILES string of the molecule is CNC(=O)CCNCC1CCOC1. The Labute approximate surface area is 79.0 Å². The number of rotatable bonds is 5. The molecule has 1 atom stereocenters. The predicted molar refractivity (Wildman–Crippen MR) is 50.5 cm³/mol. The monoisotopic (exact) mass is 186 g/mol. The first-order valence-electron chi connectivity index (χ1n) is 4.82. The van der Waals surface area contributed by atoms with Crippen molar-refractivity contribution in [2.45, 2.75) is 12.8 Å². The number of nitrogens with one attached hydrogen (secondary N) is 2. The second kappa shape index (κ2) is 5.94. The lowest BCUT2D eigenvalue weighted by atomic mass is 10.1. The van der Waals surface area contributed by atoms with E-state index >= 15 is 0 Å². The molecule has 1 fully saturated rings. The van der Waals surface area contributed by atoms with Crippen LogP contribution in [-0.4, -0.2) is 39.3 Å². The van der Waals surface area contributed by atoms with Gasteiger partial charge >= 0.3 is 0 Å². The maximum atomic E-state index is 10.8. The Morgan fingerprint density at radius 1 is 1.62 bits per heavy atom.